The molecule has 0 spiro atoms. The minimum atomic E-state index is -0.726. The fraction of sp³-hybridized carbons (Fsp3) is 0.500. The Hall–Kier alpha value is -2.04. The number of benzene rings is 1. The molecule has 4 N–H and O–H groups in total. The molecule has 0 aliphatic carbocycles. The molecule has 116 valence electrons. The number of carbonyl (C=O) groups excluding carboxylic acids is 2. The minimum Gasteiger partial charge on any atom is -0.399 e. The van der Waals surface area contributed by atoms with Crippen molar-refractivity contribution in [3.05, 3.63) is 29.8 Å². The van der Waals surface area contributed by atoms with Gasteiger partial charge in [-0.15, -0.1) is 0 Å². The van der Waals surface area contributed by atoms with Crippen molar-refractivity contribution in [2.24, 2.45) is 0 Å². The van der Waals surface area contributed by atoms with Gasteiger partial charge >= 0.3 is 0 Å². The molecule has 1 aromatic rings. The van der Waals surface area contributed by atoms with Crippen LogP contribution in [0.5, 0.6) is 0 Å². The van der Waals surface area contributed by atoms with Crippen LogP contribution in [0.4, 0.5) is 5.69 Å². The van der Waals surface area contributed by atoms with Crippen LogP contribution in [0.1, 0.15) is 40.2 Å². The molecule has 0 unspecified atom stereocenters. The summed E-state index contributed by atoms with van der Waals surface area (Å²) in [5, 5.41) is 5.48. The van der Waals surface area contributed by atoms with E-state index in [1.54, 1.807) is 12.1 Å². The fourth-order valence-corrected chi connectivity index (χ4v) is 1.87. The first kappa shape index (κ1) is 17.0. The van der Waals surface area contributed by atoms with Crippen molar-refractivity contribution in [2.75, 3.05) is 12.3 Å². The maximum Gasteiger partial charge on any atom is 0.239 e. The van der Waals surface area contributed by atoms with Crippen LogP contribution in [0.25, 0.3) is 0 Å². The molecule has 0 radical (unpaired) electrons. The van der Waals surface area contributed by atoms with E-state index in [2.05, 4.69) is 10.6 Å². The number of nitrogens with one attached hydrogen (secondary N) is 2. The highest BCUT2D eigenvalue weighted by Gasteiger charge is 2.30. The molecule has 0 atom stereocenters. The third-order valence-corrected chi connectivity index (χ3v) is 3.12. The number of hydrogen-bond donors (Lipinski definition) is 3. The van der Waals surface area contributed by atoms with Crippen LogP contribution in [-0.2, 0) is 15.0 Å². The fourth-order valence-electron chi connectivity index (χ4n) is 1.87. The van der Waals surface area contributed by atoms with Gasteiger partial charge in [0.1, 0.15) is 0 Å². The zero-order valence-electron chi connectivity index (χ0n) is 13.4. The van der Waals surface area contributed by atoms with Gasteiger partial charge < -0.3 is 16.4 Å². The summed E-state index contributed by atoms with van der Waals surface area (Å²) in [5.74, 6) is -0.403. The van der Waals surface area contributed by atoms with Gasteiger partial charge in [-0.05, 0) is 52.3 Å². The summed E-state index contributed by atoms with van der Waals surface area (Å²) < 4.78 is 0. The van der Waals surface area contributed by atoms with Gasteiger partial charge in [-0.1, -0.05) is 12.1 Å². The Balaban J connectivity index is 2.66. The molecule has 0 fully saturated rings. The second-order valence-electron chi connectivity index (χ2n) is 6.73. The van der Waals surface area contributed by atoms with E-state index in [0.717, 1.165) is 5.56 Å². The number of carbonyl (C=O) groups is 2. The Morgan fingerprint density at radius 2 is 1.57 bits per heavy atom. The number of rotatable bonds is 4. The van der Waals surface area contributed by atoms with E-state index >= 15 is 0 Å². The monoisotopic (exact) mass is 291 g/mol. The highest BCUT2D eigenvalue weighted by Crippen LogP contribution is 2.24. The van der Waals surface area contributed by atoms with E-state index < -0.39 is 5.41 Å². The maximum absolute atomic E-state index is 12.3. The zero-order valence-corrected chi connectivity index (χ0v) is 13.4. The van der Waals surface area contributed by atoms with Gasteiger partial charge in [-0.2, -0.15) is 0 Å². The van der Waals surface area contributed by atoms with Crippen molar-refractivity contribution in [3.63, 3.8) is 0 Å². The van der Waals surface area contributed by atoms with Crippen LogP contribution >= 0.6 is 0 Å². The molecule has 21 heavy (non-hydrogen) atoms. The van der Waals surface area contributed by atoms with Gasteiger partial charge in [0, 0.05) is 11.2 Å². The SMILES string of the molecule is CC(C)(C)NC(=O)CNC(=O)C(C)(C)c1ccc(N)cc1. The number of hydrogen-bond acceptors (Lipinski definition) is 3. The molecule has 2 amide bonds. The van der Waals surface area contributed by atoms with Crippen molar-refractivity contribution >= 4 is 17.5 Å². The summed E-state index contributed by atoms with van der Waals surface area (Å²) >= 11 is 0. The van der Waals surface area contributed by atoms with Crippen molar-refractivity contribution in [1.29, 1.82) is 0 Å². The molecule has 0 saturated heterocycles. The topological polar surface area (TPSA) is 84.2 Å². The predicted octanol–water partition coefficient (Wildman–Crippen LogP) is 1.58. The highest BCUT2D eigenvalue weighted by molar-refractivity contribution is 5.91. The average molecular weight is 291 g/mol. The average Bonchev–Trinajstić information content (AvgIpc) is 2.34. The molecule has 0 heterocycles. The number of amides is 2. The van der Waals surface area contributed by atoms with Crippen molar-refractivity contribution in [3.8, 4) is 0 Å². The third-order valence-electron chi connectivity index (χ3n) is 3.12. The summed E-state index contributed by atoms with van der Waals surface area (Å²) in [5.41, 5.74) is 6.12. The lowest BCUT2D eigenvalue weighted by Gasteiger charge is -2.25. The van der Waals surface area contributed by atoms with Crippen LogP contribution in [0.2, 0.25) is 0 Å². The van der Waals surface area contributed by atoms with Crippen molar-refractivity contribution in [1.82, 2.24) is 10.6 Å². The summed E-state index contributed by atoms with van der Waals surface area (Å²) in [7, 11) is 0. The van der Waals surface area contributed by atoms with E-state index in [1.807, 2.05) is 46.8 Å². The highest BCUT2D eigenvalue weighted by atomic mass is 16.2. The molecular weight excluding hydrogens is 266 g/mol. The molecule has 5 nitrogen and oxygen atoms in total. The maximum atomic E-state index is 12.3. The molecule has 0 aliphatic heterocycles. The van der Waals surface area contributed by atoms with Crippen molar-refractivity contribution in [2.45, 2.75) is 45.6 Å². The molecule has 0 bridgehead atoms. The molecule has 1 aromatic carbocycles. The first-order valence-corrected chi connectivity index (χ1v) is 6.98. The molecule has 0 aliphatic rings. The third kappa shape index (κ3) is 5.10. The Morgan fingerprint density at radius 1 is 1.05 bits per heavy atom. The standard InChI is InChI=1S/C16H25N3O2/c1-15(2,3)19-13(20)10-18-14(21)16(4,5)11-6-8-12(17)9-7-11/h6-9H,10,17H2,1-5H3,(H,18,21)(H,19,20). The molecule has 1 rings (SSSR count). The lowest BCUT2D eigenvalue weighted by molar-refractivity contribution is -0.129. The quantitative estimate of drug-likeness (QED) is 0.736. The molecule has 5 heteroatoms. The van der Waals surface area contributed by atoms with Gasteiger partial charge in [-0.25, -0.2) is 0 Å². The van der Waals surface area contributed by atoms with Crippen LogP contribution in [0.3, 0.4) is 0 Å². The van der Waals surface area contributed by atoms with Crippen LogP contribution in [0, 0.1) is 0 Å². The smallest absolute Gasteiger partial charge is 0.239 e. The van der Waals surface area contributed by atoms with Gasteiger partial charge in [0.15, 0.2) is 0 Å². The Labute approximate surface area is 126 Å². The van der Waals surface area contributed by atoms with E-state index in [-0.39, 0.29) is 23.9 Å². The Morgan fingerprint density at radius 3 is 2.05 bits per heavy atom. The normalized spacial score (nSPS) is 11.9. The predicted molar refractivity (Wildman–Crippen MR) is 84.8 cm³/mol. The largest absolute Gasteiger partial charge is 0.399 e. The second kappa shape index (κ2) is 6.16. The van der Waals surface area contributed by atoms with Gasteiger partial charge in [-0.3, -0.25) is 9.59 Å². The van der Waals surface area contributed by atoms with Crippen LogP contribution < -0.4 is 16.4 Å². The van der Waals surface area contributed by atoms with Gasteiger partial charge in [0.25, 0.3) is 0 Å². The molecular formula is C16H25N3O2. The molecule has 0 saturated carbocycles. The van der Waals surface area contributed by atoms with E-state index in [4.69, 9.17) is 5.73 Å². The Bertz CT molecular complexity index is 513. The minimum absolute atomic E-state index is 0.0332. The zero-order chi connectivity index (χ0) is 16.3. The summed E-state index contributed by atoms with van der Waals surface area (Å²) in [4.78, 5) is 24.0. The van der Waals surface area contributed by atoms with Gasteiger partial charge in [0.05, 0.1) is 12.0 Å². The first-order valence-electron chi connectivity index (χ1n) is 6.98. The lowest BCUT2D eigenvalue weighted by Crippen LogP contribution is -2.48. The lowest BCUT2D eigenvalue weighted by atomic mass is 9.83. The van der Waals surface area contributed by atoms with Crippen LogP contribution in [0.15, 0.2) is 24.3 Å². The number of anilines is 1. The van der Waals surface area contributed by atoms with Gasteiger partial charge in [0.2, 0.25) is 11.8 Å². The van der Waals surface area contributed by atoms with E-state index in [1.165, 1.54) is 0 Å². The van der Waals surface area contributed by atoms with Crippen molar-refractivity contribution < 1.29 is 9.59 Å². The van der Waals surface area contributed by atoms with E-state index in [0.29, 0.717) is 5.69 Å². The summed E-state index contributed by atoms with van der Waals surface area (Å²) in [6.45, 7) is 9.28. The first-order chi connectivity index (χ1) is 9.52. The Kier molecular flexibility index (Phi) is 4.99. The van der Waals surface area contributed by atoms with E-state index in [9.17, 15) is 9.59 Å². The molecule has 0 aromatic heterocycles. The summed E-state index contributed by atoms with van der Waals surface area (Å²) in [6, 6.07) is 7.17. The second-order valence-corrected chi connectivity index (χ2v) is 6.73. The summed E-state index contributed by atoms with van der Waals surface area (Å²) in [6.07, 6.45) is 0. The van der Waals surface area contributed by atoms with Crippen LogP contribution in [-0.4, -0.2) is 23.9 Å². The number of nitrogen functional groups attached to an aromatic ring is 1. The number of nitrogens with two attached hydrogens (primary N) is 1.